The minimum absolute atomic E-state index is 0.0365. The van der Waals surface area contributed by atoms with Crippen LogP contribution in [0.4, 0.5) is 10.1 Å². The Morgan fingerprint density at radius 2 is 1.79 bits per heavy atom. The number of hydrogen-bond acceptors (Lipinski definition) is 4. The summed E-state index contributed by atoms with van der Waals surface area (Å²) in [5, 5.41) is 14.1. The fourth-order valence-corrected chi connectivity index (χ4v) is 3.60. The maximum absolute atomic E-state index is 13.2. The highest BCUT2D eigenvalue weighted by Crippen LogP contribution is 2.24. The van der Waals surface area contributed by atoms with Gasteiger partial charge in [0.2, 0.25) is 5.91 Å². The van der Waals surface area contributed by atoms with Gasteiger partial charge in [0.25, 0.3) is 0 Å². The van der Waals surface area contributed by atoms with Crippen molar-refractivity contribution in [2.75, 3.05) is 11.1 Å². The zero-order valence-corrected chi connectivity index (χ0v) is 16.7. The second kappa shape index (κ2) is 8.59. The summed E-state index contributed by atoms with van der Waals surface area (Å²) in [6.45, 7) is 0. The zero-order chi connectivity index (χ0) is 20.2. The number of nitrogens with zero attached hydrogens (tertiary/aromatic N) is 2. The summed E-state index contributed by atoms with van der Waals surface area (Å²) in [5.74, 6) is -0.613. The van der Waals surface area contributed by atoms with Crippen molar-refractivity contribution in [2.24, 2.45) is 0 Å². The number of fused-ring (bicyclic) bond motifs is 1. The number of rotatable bonds is 5. The number of halogens is 2. The second-order valence-corrected chi connectivity index (χ2v) is 7.69. The van der Waals surface area contributed by atoms with Crippen molar-refractivity contribution in [3.8, 4) is 11.3 Å². The van der Waals surface area contributed by atoms with E-state index in [-0.39, 0.29) is 16.7 Å². The average molecular weight is 424 g/mol. The van der Waals surface area contributed by atoms with Gasteiger partial charge in [-0.15, -0.1) is 10.2 Å². The Hall–Kier alpha value is -2.96. The summed E-state index contributed by atoms with van der Waals surface area (Å²) in [6, 6.07) is 22.0. The molecule has 0 bridgehead atoms. The molecule has 0 saturated carbocycles. The van der Waals surface area contributed by atoms with Crippen molar-refractivity contribution in [1.29, 1.82) is 0 Å². The summed E-state index contributed by atoms with van der Waals surface area (Å²) in [5.41, 5.74) is 2.20. The van der Waals surface area contributed by atoms with Gasteiger partial charge in [-0.1, -0.05) is 59.8 Å². The lowest BCUT2D eigenvalue weighted by Crippen LogP contribution is -2.14. The van der Waals surface area contributed by atoms with E-state index in [0.717, 1.165) is 16.6 Å². The SMILES string of the molecule is O=C(CSc1ccc(-c2ccc3ccccc3c2)nn1)Nc1ccc(F)c(Cl)c1. The van der Waals surface area contributed by atoms with Gasteiger partial charge in [-0.05, 0) is 47.2 Å². The van der Waals surface area contributed by atoms with Crippen LogP contribution in [0, 0.1) is 5.82 Å². The van der Waals surface area contributed by atoms with Crippen LogP contribution in [-0.2, 0) is 4.79 Å². The van der Waals surface area contributed by atoms with E-state index in [4.69, 9.17) is 11.6 Å². The first-order valence-corrected chi connectivity index (χ1v) is 10.2. The molecule has 3 aromatic carbocycles. The number of anilines is 1. The molecule has 0 aliphatic rings. The number of thioether (sulfide) groups is 1. The predicted octanol–water partition coefficient (Wildman–Crippen LogP) is 5.82. The number of hydrogen-bond donors (Lipinski definition) is 1. The topological polar surface area (TPSA) is 54.9 Å². The van der Waals surface area contributed by atoms with Gasteiger partial charge in [-0.3, -0.25) is 4.79 Å². The van der Waals surface area contributed by atoms with Gasteiger partial charge >= 0.3 is 0 Å². The Bertz CT molecular complexity index is 1180. The van der Waals surface area contributed by atoms with Crippen LogP contribution in [-0.4, -0.2) is 21.9 Å². The first kappa shape index (κ1) is 19.4. The summed E-state index contributed by atoms with van der Waals surface area (Å²) < 4.78 is 13.2. The van der Waals surface area contributed by atoms with Crippen LogP contribution < -0.4 is 5.32 Å². The molecule has 1 N–H and O–H groups in total. The Labute approximate surface area is 176 Å². The van der Waals surface area contributed by atoms with E-state index in [1.165, 1.54) is 35.3 Å². The molecule has 0 radical (unpaired) electrons. The molecule has 4 nitrogen and oxygen atoms in total. The Balaban J connectivity index is 1.38. The fraction of sp³-hybridized carbons (Fsp3) is 0.0455. The molecule has 0 unspecified atom stereocenters. The third-order valence-corrected chi connectivity index (χ3v) is 5.45. The van der Waals surface area contributed by atoms with Crippen molar-refractivity contribution in [2.45, 2.75) is 5.03 Å². The molecule has 0 spiro atoms. The van der Waals surface area contributed by atoms with E-state index in [9.17, 15) is 9.18 Å². The van der Waals surface area contributed by atoms with Crippen LogP contribution in [0.25, 0.3) is 22.0 Å². The first-order valence-electron chi connectivity index (χ1n) is 8.79. The average Bonchev–Trinajstić information content (AvgIpc) is 2.75. The van der Waals surface area contributed by atoms with E-state index < -0.39 is 5.82 Å². The largest absolute Gasteiger partial charge is 0.325 e. The summed E-state index contributed by atoms with van der Waals surface area (Å²) >= 11 is 6.99. The van der Waals surface area contributed by atoms with Crippen LogP contribution in [0.15, 0.2) is 77.8 Å². The Kier molecular flexibility index (Phi) is 5.74. The van der Waals surface area contributed by atoms with E-state index >= 15 is 0 Å². The number of carbonyl (C=O) groups is 1. The molecule has 0 atom stereocenters. The molecule has 7 heteroatoms. The maximum atomic E-state index is 13.2. The van der Waals surface area contributed by atoms with Crippen molar-refractivity contribution >= 4 is 45.7 Å². The smallest absolute Gasteiger partial charge is 0.234 e. The van der Waals surface area contributed by atoms with Gasteiger partial charge in [0.15, 0.2) is 0 Å². The third-order valence-electron chi connectivity index (χ3n) is 4.24. The van der Waals surface area contributed by atoms with Crippen molar-refractivity contribution in [1.82, 2.24) is 10.2 Å². The molecule has 1 aromatic heterocycles. The Morgan fingerprint density at radius 3 is 2.55 bits per heavy atom. The van der Waals surface area contributed by atoms with E-state index in [2.05, 4.69) is 39.8 Å². The van der Waals surface area contributed by atoms with Gasteiger partial charge in [-0.25, -0.2) is 4.39 Å². The van der Waals surface area contributed by atoms with Crippen LogP contribution >= 0.6 is 23.4 Å². The molecule has 0 aliphatic carbocycles. The lowest BCUT2D eigenvalue weighted by Gasteiger charge is -2.06. The third kappa shape index (κ3) is 4.72. The van der Waals surface area contributed by atoms with Crippen LogP contribution in [0.5, 0.6) is 0 Å². The van der Waals surface area contributed by atoms with Gasteiger partial charge in [0.1, 0.15) is 10.8 Å². The predicted molar refractivity (Wildman–Crippen MR) is 116 cm³/mol. The van der Waals surface area contributed by atoms with E-state index in [0.29, 0.717) is 10.7 Å². The first-order chi connectivity index (χ1) is 14.1. The molecule has 29 heavy (non-hydrogen) atoms. The highest BCUT2D eigenvalue weighted by Gasteiger charge is 2.08. The van der Waals surface area contributed by atoms with Gasteiger partial charge in [0, 0.05) is 11.3 Å². The fourth-order valence-electron chi connectivity index (χ4n) is 2.81. The summed E-state index contributed by atoms with van der Waals surface area (Å²) in [6.07, 6.45) is 0. The molecule has 1 amide bonds. The molecule has 0 fully saturated rings. The number of carbonyl (C=O) groups excluding carboxylic acids is 1. The Morgan fingerprint density at radius 1 is 0.966 bits per heavy atom. The minimum Gasteiger partial charge on any atom is -0.325 e. The van der Waals surface area contributed by atoms with Gasteiger partial charge in [0.05, 0.1) is 16.5 Å². The number of amides is 1. The molecule has 1 heterocycles. The normalized spacial score (nSPS) is 10.8. The van der Waals surface area contributed by atoms with Gasteiger partial charge in [-0.2, -0.15) is 0 Å². The highest BCUT2D eigenvalue weighted by atomic mass is 35.5. The molecule has 4 rings (SSSR count). The highest BCUT2D eigenvalue weighted by molar-refractivity contribution is 7.99. The maximum Gasteiger partial charge on any atom is 0.234 e. The van der Waals surface area contributed by atoms with Crippen LogP contribution in [0.1, 0.15) is 0 Å². The number of aromatic nitrogens is 2. The zero-order valence-electron chi connectivity index (χ0n) is 15.1. The second-order valence-electron chi connectivity index (χ2n) is 6.28. The summed E-state index contributed by atoms with van der Waals surface area (Å²) in [4.78, 5) is 12.1. The van der Waals surface area contributed by atoms with Crippen molar-refractivity contribution in [3.63, 3.8) is 0 Å². The van der Waals surface area contributed by atoms with Crippen molar-refractivity contribution in [3.05, 3.63) is 83.6 Å². The molecule has 144 valence electrons. The van der Waals surface area contributed by atoms with Crippen LogP contribution in [0.2, 0.25) is 5.02 Å². The van der Waals surface area contributed by atoms with Crippen LogP contribution in [0.3, 0.4) is 0 Å². The van der Waals surface area contributed by atoms with Crippen molar-refractivity contribution < 1.29 is 9.18 Å². The number of benzene rings is 3. The van der Waals surface area contributed by atoms with E-state index in [1.54, 1.807) is 0 Å². The number of nitrogens with one attached hydrogen (secondary N) is 1. The lowest BCUT2D eigenvalue weighted by atomic mass is 10.1. The lowest BCUT2D eigenvalue weighted by molar-refractivity contribution is -0.113. The standard InChI is InChI=1S/C22H15ClFN3OS/c23-18-12-17(7-8-19(18)24)25-21(28)13-29-22-10-9-20(26-27-22)16-6-5-14-3-1-2-4-15(14)11-16/h1-12H,13H2,(H,25,28). The molecular formula is C22H15ClFN3OS. The monoisotopic (exact) mass is 423 g/mol. The molecular weight excluding hydrogens is 409 g/mol. The minimum atomic E-state index is -0.527. The molecule has 4 aromatic rings. The summed E-state index contributed by atoms with van der Waals surface area (Å²) in [7, 11) is 0. The van der Waals surface area contributed by atoms with Gasteiger partial charge < -0.3 is 5.32 Å². The molecule has 0 saturated heterocycles. The molecule has 0 aliphatic heterocycles. The van der Waals surface area contributed by atoms with E-state index in [1.807, 2.05) is 30.3 Å². The quantitative estimate of drug-likeness (QED) is 0.411.